The summed E-state index contributed by atoms with van der Waals surface area (Å²) in [5.41, 5.74) is 1.35. The van der Waals surface area contributed by atoms with Gasteiger partial charge in [0.05, 0.1) is 11.4 Å². The number of anilines is 1. The lowest BCUT2D eigenvalue weighted by atomic mass is 10.2. The Morgan fingerprint density at radius 1 is 1.25 bits per heavy atom. The van der Waals surface area contributed by atoms with Gasteiger partial charge in [-0.25, -0.2) is 4.98 Å². The first-order valence-corrected chi connectivity index (χ1v) is 7.75. The molecule has 0 unspecified atom stereocenters. The molecule has 1 N–H and O–H groups in total. The maximum absolute atomic E-state index is 12.2. The lowest BCUT2D eigenvalue weighted by molar-refractivity contribution is -0.115. The number of nitrogens with one attached hydrogen (secondary N) is 1. The van der Waals surface area contributed by atoms with Gasteiger partial charge in [0.2, 0.25) is 5.91 Å². The summed E-state index contributed by atoms with van der Waals surface area (Å²) >= 11 is 17.9. The minimum atomic E-state index is -2.98. The Morgan fingerprint density at radius 2 is 1.96 bits per heavy atom. The van der Waals surface area contributed by atoms with Crippen molar-refractivity contribution in [1.29, 1.82) is 0 Å². The number of pyridine rings is 1. The molecule has 1 aromatic heterocycles. The van der Waals surface area contributed by atoms with Crippen LogP contribution in [0.1, 0.15) is 11.3 Å². The highest BCUT2D eigenvalue weighted by Gasteiger charge is 2.14. The van der Waals surface area contributed by atoms with Crippen LogP contribution in [0.25, 0.3) is 0 Å². The van der Waals surface area contributed by atoms with Crippen LogP contribution in [0.15, 0.2) is 24.3 Å². The number of ether oxygens (including phenoxy) is 1. The zero-order chi connectivity index (χ0) is 17.9. The number of aryl methyl sites for hydroxylation is 1. The number of alkyl halides is 2. The Morgan fingerprint density at radius 3 is 2.54 bits per heavy atom. The first kappa shape index (κ1) is 18.7. The van der Waals surface area contributed by atoms with Crippen molar-refractivity contribution < 1.29 is 18.3 Å². The molecular weight excluding hydrogens is 385 g/mol. The molecule has 0 saturated heterocycles. The third-order valence-electron chi connectivity index (χ3n) is 2.92. The molecule has 0 spiro atoms. The molecule has 0 atom stereocenters. The molecule has 0 aliphatic heterocycles. The van der Waals surface area contributed by atoms with Crippen molar-refractivity contribution in [3.05, 3.63) is 50.7 Å². The number of nitrogens with zero attached hydrogens (tertiary/aromatic N) is 1. The van der Waals surface area contributed by atoms with Crippen LogP contribution >= 0.6 is 34.8 Å². The van der Waals surface area contributed by atoms with E-state index in [1.165, 1.54) is 18.2 Å². The van der Waals surface area contributed by atoms with Crippen molar-refractivity contribution in [1.82, 2.24) is 4.98 Å². The van der Waals surface area contributed by atoms with Gasteiger partial charge in [-0.05, 0) is 31.2 Å². The van der Waals surface area contributed by atoms with Crippen molar-refractivity contribution in [2.45, 2.75) is 20.0 Å². The summed E-state index contributed by atoms with van der Waals surface area (Å²) in [7, 11) is 0. The van der Waals surface area contributed by atoms with E-state index in [9.17, 15) is 13.6 Å². The second-order valence-corrected chi connectivity index (χ2v) is 5.94. The minimum absolute atomic E-state index is 0.0545. The van der Waals surface area contributed by atoms with Crippen molar-refractivity contribution in [2.75, 3.05) is 5.32 Å². The van der Waals surface area contributed by atoms with E-state index < -0.39 is 12.5 Å². The molecule has 0 aliphatic carbocycles. The van der Waals surface area contributed by atoms with Crippen LogP contribution in [0.2, 0.25) is 15.2 Å². The Kier molecular flexibility index (Phi) is 6.21. The lowest BCUT2D eigenvalue weighted by Crippen LogP contribution is -2.15. The van der Waals surface area contributed by atoms with Crippen LogP contribution in [-0.2, 0) is 11.2 Å². The molecule has 4 nitrogen and oxygen atoms in total. The highest BCUT2D eigenvalue weighted by atomic mass is 35.5. The SMILES string of the molecule is Cc1cc(Cl)c(CC(=O)Nc2ccc(OC(F)F)c(Cl)c2)c(Cl)n1. The number of carbonyl (C=O) groups is 1. The zero-order valence-electron chi connectivity index (χ0n) is 12.2. The Labute approximate surface area is 151 Å². The van der Waals surface area contributed by atoms with Crippen molar-refractivity contribution >= 4 is 46.4 Å². The van der Waals surface area contributed by atoms with Gasteiger partial charge in [0.15, 0.2) is 0 Å². The van der Waals surface area contributed by atoms with E-state index in [1.54, 1.807) is 13.0 Å². The monoisotopic (exact) mass is 394 g/mol. The Bertz CT molecular complexity index is 749. The van der Waals surface area contributed by atoms with Crippen LogP contribution < -0.4 is 10.1 Å². The summed E-state index contributed by atoms with van der Waals surface area (Å²) in [4.78, 5) is 16.1. The lowest BCUT2D eigenvalue weighted by Gasteiger charge is -2.11. The van der Waals surface area contributed by atoms with Crippen LogP contribution in [0.3, 0.4) is 0 Å². The third kappa shape index (κ3) is 4.93. The average molecular weight is 396 g/mol. The van der Waals surface area contributed by atoms with Gasteiger partial charge >= 0.3 is 6.61 Å². The number of rotatable bonds is 5. The summed E-state index contributed by atoms with van der Waals surface area (Å²) < 4.78 is 28.6. The molecule has 2 aromatic rings. The van der Waals surface area contributed by atoms with Gasteiger partial charge in [0.25, 0.3) is 0 Å². The van der Waals surface area contributed by atoms with E-state index in [1.807, 2.05) is 0 Å². The number of hydrogen-bond donors (Lipinski definition) is 1. The molecule has 0 aliphatic rings. The fraction of sp³-hybridized carbons (Fsp3) is 0.200. The van der Waals surface area contributed by atoms with Crippen LogP contribution in [0, 0.1) is 6.92 Å². The minimum Gasteiger partial charge on any atom is -0.433 e. The molecular formula is C15H11Cl3F2N2O2. The number of aromatic nitrogens is 1. The van der Waals surface area contributed by atoms with E-state index in [0.29, 0.717) is 22.0 Å². The van der Waals surface area contributed by atoms with Gasteiger partial charge in [0.1, 0.15) is 10.9 Å². The fourth-order valence-corrected chi connectivity index (χ4v) is 2.81. The summed E-state index contributed by atoms with van der Waals surface area (Å²) in [5.74, 6) is -0.596. The maximum Gasteiger partial charge on any atom is 0.387 e. The Balaban J connectivity index is 2.09. The van der Waals surface area contributed by atoms with Gasteiger partial charge < -0.3 is 10.1 Å². The molecule has 1 aromatic carbocycles. The van der Waals surface area contributed by atoms with Gasteiger partial charge in [-0.15, -0.1) is 0 Å². The standard InChI is InChI=1S/C15H11Cl3F2N2O2/c1-7-4-10(16)9(14(18)21-7)6-13(23)22-8-2-3-12(11(17)5-8)24-15(19)20/h2-5,15H,6H2,1H3,(H,22,23). The summed E-state index contributed by atoms with van der Waals surface area (Å²) in [6.07, 6.45) is -0.0994. The predicted octanol–water partition coefficient (Wildman–Crippen LogP) is 5.13. The third-order valence-corrected chi connectivity index (χ3v) is 3.86. The normalized spacial score (nSPS) is 10.8. The number of benzene rings is 1. The summed E-state index contributed by atoms with van der Waals surface area (Å²) in [5, 5.41) is 3.00. The van der Waals surface area contributed by atoms with Gasteiger partial charge in [-0.2, -0.15) is 8.78 Å². The van der Waals surface area contributed by atoms with Gasteiger partial charge in [-0.3, -0.25) is 4.79 Å². The van der Waals surface area contributed by atoms with Gasteiger partial charge in [0, 0.05) is 22.0 Å². The zero-order valence-corrected chi connectivity index (χ0v) is 14.5. The quantitative estimate of drug-likeness (QED) is 0.714. The molecule has 1 heterocycles. The molecule has 1 amide bonds. The van der Waals surface area contributed by atoms with E-state index in [2.05, 4.69) is 15.0 Å². The second kappa shape index (κ2) is 7.96. The second-order valence-electron chi connectivity index (χ2n) is 4.76. The molecule has 128 valence electrons. The molecule has 0 fully saturated rings. The largest absolute Gasteiger partial charge is 0.433 e. The maximum atomic E-state index is 12.2. The van der Waals surface area contributed by atoms with Crippen molar-refractivity contribution in [3.8, 4) is 5.75 Å². The average Bonchev–Trinajstić information content (AvgIpc) is 2.45. The van der Waals surface area contributed by atoms with E-state index in [0.717, 1.165) is 0 Å². The van der Waals surface area contributed by atoms with Crippen LogP contribution in [0.5, 0.6) is 5.75 Å². The number of amides is 1. The highest BCUT2D eigenvalue weighted by molar-refractivity contribution is 6.35. The molecule has 0 radical (unpaired) electrons. The molecule has 0 bridgehead atoms. The predicted molar refractivity (Wildman–Crippen MR) is 89.4 cm³/mol. The molecule has 0 saturated carbocycles. The topological polar surface area (TPSA) is 51.2 Å². The highest BCUT2D eigenvalue weighted by Crippen LogP contribution is 2.29. The summed E-state index contributed by atoms with van der Waals surface area (Å²) in [6, 6.07) is 5.52. The number of carbonyl (C=O) groups excluding carboxylic acids is 1. The van der Waals surface area contributed by atoms with E-state index in [-0.39, 0.29) is 22.3 Å². The molecule has 24 heavy (non-hydrogen) atoms. The summed E-state index contributed by atoms with van der Waals surface area (Å²) in [6.45, 7) is -1.26. The fourth-order valence-electron chi connectivity index (χ4n) is 1.92. The van der Waals surface area contributed by atoms with Crippen molar-refractivity contribution in [2.24, 2.45) is 0 Å². The smallest absolute Gasteiger partial charge is 0.387 e. The first-order chi connectivity index (χ1) is 11.3. The van der Waals surface area contributed by atoms with E-state index in [4.69, 9.17) is 34.8 Å². The van der Waals surface area contributed by atoms with Crippen molar-refractivity contribution in [3.63, 3.8) is 0 Å². The van der Waals surface area contributed by atoms with Crippen LogP contribution in [0.4, 0.5) is 14.5 Å². The van der Waals surface area contributed by atoms with Crippen LogP contribution in [-0.4, -0.2) is 17.5 Å². The number of halogens is 5. The van der Waals surface area contributed by atoms with E-state index >= 15 is 0 Å². The number of hydrogen-bond acceptors (Lipinski definition) is 3. The molecule has 9 heteroatoms. The Hall–Kier alpha value is -1.63. The first-order valence-electron chi connectivity index (χ1n) is 6.62. The molecule has 2 rings (SSSR count). The van der Waals surface area contributed by atoms with Gasteiger partial charge in [-0.1, -0.05) is 34.8 Å².